The number of benzene rings is 1. The number of alkyl carbamates (subject to hydrolysis) is 1. The Kier molecular flexibility index (Phi) is 5.65. The molecule has 1 rings (SSSR count). The molecule has 0 saturated heterocycles. The number of rotatable bonds is 4. The maximum atomic E-state index is 11.7. The number of carbonyl (C=O) groups excluding carboxylic acids is 1. The van der Waals surface area contributed by atoms with Crippen LogP contribution in [0.3, 0.4) is 0 Å². The highest BCUT2D eigenvalue weighted by molar-refractivity contribution is 6.31. The second-order valence-corrected chi connectivity index (χ2v) is 5.93. The van der Waals surface area contributed by atoms with E-state index in [1.54, 1.807) is 39.0 Å². The molecule has 4 N–H and O–H groups in total. The molecule has 112 valence electrons. The van der Waals surface area contributed by atoms with Crippen LogP contribution in [0.4, 0.5) is 4.79 Å². The van der Waals surface area contributed by atoms with E-state index in [2.05, 4.69) is 5.32 Å². The fraction of sp³-hybridized carbons (Fsp3) is 0.500. The predicted molar refractivity (Wildman–Crippen MR) is 79.0 cm³/mol. The maximum Gasteiger partial charge on any atom is 0.407 e. The lowest BCUT2D eigenvalue weighted by molar-refractivity contribution is 0.0505. The molecule has 1 aromatic carbocycles. The zero-order valence-corrected chi connectivity index (χ0v) is 12.7. The van der Waals surface area contributed by atoms with Crippen LogP contribution in [-0.2, 0) is 11.2 Å². The third-order valence-electron chi connectivity index (χ3n) is 2.55. The lowest BCUT2D eigenvalue weighted by Crippen LogP contribution is -2.44. The van der Waals surface area contributed by atoms with Crippen LogP contribution in [0.2, 0.25) is 5.02 Å². The Balaban J connectivity index is 2.71. The molecule has 20 heavy (non-hydrogen) atoms. The topological polar surface area (TPSA) is 84.6 Å². The van der Waals surface area contributed by atoms with Crippen LogP contribution in [-0.4, -0.2) is 29.4 Å². The molecule has 0 aliphatic rings. The van der Waals surface area contributed by atoms with Crippen molar-refractivity contribution in [1.82, 2.24) is 5.32 Å². The first-order chi connectivity index (χ1) is 9.23. The summed E-state index contributed by atoms with van der Waals surface area (Å²) in [4.78, 5) is 11.7. The number of aromatic hydroxyl groups is 1. The van der Waals surface area contributed by atoms with Crippen molar-refractivity contribution < 1.29 is 14.6 Å². The number of hydrogen-bond donors (Lipinski definition) is 3. The SMILES string of the molecule is CC(C)(C)OC(=O)NC(CN)Cc1c(O)cccc1Cl. The minimum absolute atomic E-state index is 0.0851. The van der Waals surface area contributed by atoms with Gasteiger partial charge in [-0.2, -0.15) is 0 Å². The predicted octanol–water partition coefficient (Wildman–Crippen LogP) is 2.44. The van der Waals surface area contributed by atoms with E-state index < -0.39 is 11.7 Å². The molecular weight excluding hydrogens is 280 g/mol. The van der Waals surface area contributed by atoms with Crippen molar-refractivity contribution in [3.05, 3.63) is 28.8 Å². The van der Waals surface area contributed by atoms with Gasteiger partial charge in [0.2, 0.25) is 0 Å². The molecule has 0 aliphatic carbocycles. The summed E-state index contributed by atoms with van der Waals surface area (Å²) in [5.41, 5.74) is 5.62. The molecule has 1 amide bonds. The highest BCUT2D eigenvalue weighted by Gasteiger charge is 2.20. The zero-order chi connectivity index (χ0) is 15.3. The Morgan fingerprint density at radius 3 is 2.65 bits per heavy atom. The van der Waals surface area contributed by atoms with Crippen LogP contribution in [0, 0.1) is 0 Å². The molecule has 0 bridgehead atoms. The Morgan fingerprint density at radius 2 is 2.15 bits per heavy atom. The number of carbonyl (C=O) groups is 1. The van der Waals surface area contributed by atoms with E-state index in [9.17, 15) is 9.90 Å². The number of nitrogens with one attached hydrogen (secondary N) is 1. The average Bonchev–Trinajstić information content (AvgIpc) is 2.30. The lowest BCUT2D eigenvalue weighted by atomic mass is 10.0. The van der Waals surface area contributed by atoms with E-state index >= 15 is 0 Å². The molecule has 0 aromatic heterocycles. The van der Waals surface area contributed by atoms with Crippen molar-refractivity contribution in [2.24, 2.45) is 5.73 Å². The standard InChI is InChI=1S/C14H21ClN2O3/c1-14(2,3)20-13(19)17-9(8-16)7-10-11(15)5-4-6-12(10)18/h4-6,9,18H,7-8,16H2,1-3H3,(H,17,19). The Morgan fingerprint density at radius 1 is 1.50 bits per heavy atom. The number of phenols is 1. The Bertz CT molecular complexity index is 452. The number of amides is 1. The molecule has 1 atom stereocenters. The van der Waals surface area contributed by atoms with Crippen LogP contribution in [0.25, 0.3) is 0 Å². The molecule has 5 nitrogen and oxygen atoms in total. The molecule has 0 aliphatic heterocycles. The number of nitrogens with two attached hydrogens (primary N) is 1. The third-order valence-corrected chi connectivity index (χ3v) is 2.90. The number of ether oxygens (including phenoxy) is 1. The summed E-state index contributed by atoms with van der Waals surface area (Å²) in [7, 11) is 0. The second kappa shape index (κ2) is 6.81. The molecule has 1 aromatic rings. The molecule has 0 saturated carbocycles. The van der Waals surface area contributed by atoms with Crippen molar-refractivity contribution in [1.29, 1.82) is 0 Å². The molecule has 0 spiro atoms. The largest absolute Gasteiger partial charge is 0.508 e. The third kappa shape index (κ3) is 5.27. The highest BCUT2D eigenvalue weighted by Crippen LogP contribution is 2.26. The van der Waals surface area contributed by atoms with E-state index in [1.165, 1.54) is 0 Å². The van der Waals surface area contributed by atoms with Crippen molar-refractivity contribution in [2.45, 2.75) is 38.8 Å². The van der Waals surface area contributed by atoms with Gasteiger partial charge in [0.1, 0.15) is 11.4 Å². The molecule has 0 heterocycles. The minimum atomic E-state index is -0.574. The number of hydrogen-bond acceptors (Lipinski definition) is 4. The van der Waals surface area contributed by atoms with Gasteiger partial charge in [-0.05, 0) is 39.3 Å². The van der Waals surface area contributed by atoms with Gasteiger partial charge in [0.05, 0.1) is 0 Å². The summed E-state index contributed by atoms with van der Waals surface area (Å²) in [6.07, 6.45) is -0.208. The molecular formula is C14H21ClN2O3. The first-order valence-corrected chi connectivity index (χ1v) is 6.76. The van der Waals surface area contributed by atoms with Gasteiger partial charge in [-0.1, -0.05) is 17.7 Å². The molecule has 0 radical (unpaired) electrons. The van der Waals surface area contributed by atoms with E-state index in [1.807, 2.05) is 0 Å². The van der Waals surface area contributed by atoms with Crippen LogP contribution >= 0.6 is 11.6 Å². The van der Waals surface area contributed by atoms with E-state index in [0.717, 1.165) is 0 Å². The Labute approximate surface area is 124 Å². The van der Waals surface area contributed by atoms with Gasteiger partial charge in [-0.3, -0.25) is 0 Å². The van der Waals surface area contributed by atoms with Crippen molar-refractivity contribution in [2.75, 3.05) is 6.54 Å². The summed E-state index contributed by atoms with van der Waals surface area (Å²) in [6, 6.07) is 4.51. The second-order valence-electron chi connectivity index (χ2n) is 5.52. The number of phenolic OH excluding ortho intramolecular Hbond substituents is 1. The zero-order valence-electron chi connectivity index (χ0n) is 11.9. The normalized spacial score (nSPS) is 12.8. The molecule has 1 unspecified atom stereocenters. The van der Waals surface area contributed by atoms with E-state index in [4.69, 9.17) is 22.1 Å². The fourth-order valence-electron chi connectivity index (χ4n) is 1.66. The summed E-state index contributed by atoms with van der Waals surface area (Å²) in [5, 5.41) is 12.9. The van der Waals surface area contributed by atoms with E-state index in [0.29, 0.717) is 17.0 Å². The first-order valence-electron chi connectivity index (χ1n) is 6.39. The first kappa shape index (κ1) is 16.6. The number of halogens is 1. The van der Waals surface area contributed by atoms with Crippen LogP contribution < -0.4 is 11.1 Å². The summed E-state index contributed by atoms with van der Waals surface area (Å²) < 4.78 is 5.17. The lowest BCUT2D eigenvalue weighted by Gasteiger charge is -2.23. The fourth-order valence-corrected chi connectivity index (χ4v) is 1.91. The van der Waals surface area contributed by atoms with E-state index in [-0.39, 0.29) is 18.3 Å². The average molecular weight is 301 g/mol. The van der Waals surface area contributed by atoms with Gasteiger partial charge >= 0.3 is 6.09 Å². The van der Waals surface area contributed by atoms with Crippen LogP contribution in [0.15, 0.2) is 18.2 Å². The monoisotopic (exact) mass is 300 g/mol. The smallest absolute Gasteiger partial charge is 0.407 e. The molecule has 6 heteroatoms. The van der Waals surface area contributed by atoms with Crippen LogP contribution in [0.1, 0.15) is 26.3 Å². The van der Waals surface area contributed by atoms with Crippen LogP contribution in [0.5, 0.6) is 5.75 Å². The summed E-state index contributed by atoms with van der Waals surface area (Å²) in [5.74, 6) is 0.0851. The van der Waals surface area contributed by atoms with Crippen molar-refractivity contribution in [3.63, 3.8) is 0 Å². The summed E-state index contributed by atoms with van der Waals surface area (Å²) in [6.45, 7) is 5.56. The quantitative estimate of drug-likeness (QED) is 0.797. The summed E-state index contributed by atoms with van der Waals surface area (Å²) >= 11 is 6.03. The van der Waals surface area contributed by atoms with Gasteiger partial charge in [-0.15, -0.1) is 0 Å². The minimum Gasteiger partial charge on any atom is -0.508 e. The maximum absolute atomic E-state index is 11.7. The van der Waals surface area contributed by atoms with Crippen molar-refractivity contribution in [3.8, 4) is 5.75 Å². The Hall–Kier alpha value is -1.46. The van der Waals surface area contributed by atoms with Gasteiger partial charge in [0, 0.05) is 23.2 Å². The van der Waals surface area contributed by atoms with Gasteiger partial charge in [0.15, 0.2) is 0 Å². The van der Waals surface area contributed by atoms with Gasteiger partial charge < -0.3 is 20.9 Å². The highest BCUT2D eigenvalue weighted by atomic mass is 35.5. The van der Waals surface area contributed by atoms with Crippen molar-refractivity contribution >= 4 is 17.7 Å². The van der Waals surface area contributed by atoms with Gasteiger partial charge in [0.25, 0.3) is 0 Å². The van der Waals surface area contributed by atoms with Gasteiger partial charge in [-0.25, -0.2) is 4.79 Å². The molecule has 0 fully saturated rings.